The number of rotatable bonds is 7. The third-order valence-electron chi connectivity index (χ3n) is 6.92. The van der Waals surface area contributed by atoms with Crippen LogP contribution in [0.1, 0.15) is 52.7 Å². The summed E-state index contributed by atoms with van der Waals surface area (Å²) in [6, 6.07) is 15.2. The summed E-state index contributed by atoms with van der Waals surface area (Å²) in [5.41, 5.74) is 4.69. The lowest BCUT2D eigenvalue weighted by Crippen LogP contribution is -2.24. The van der Waals surface area contributed by atoms with Crippen molar-refractivity contribution in [1.82, 2.24) is 29.6 Å². The van der Waals surface area contributed by atoms with Crippen molar-refractivity contribution in [2.45, 2.75) is 38.5 Å². The Morgan fingerprint density at radius 1 is 1.10 bits per heavy atom. The molecule has 1 saturated heterocycles. The molecule has 5 aromatic rings. The van der Waals surface area contributed by atoms with E-state index in [2.05, 4.69) is 15.3 Å². The Hall–Kier alpha value is -4.21. The molecule has 10 heteroatoms. The second-order valence-electron chi connectivity index (χ2n) is 9.62. The van der Waals surface area contributed by atoms with E-state index in [4.69, 9.17) is 21.4 Å². The van der Waals surface area contributed by atoms with E-state index in [0.29, 0.717) is 23.6 Å². The molecule has 6 rings (SSSR count). The largest absolute Gasteiger partial charge is 0.356 e. The Kier molecular flexibility index (Phi) is 7.00. The number of hydrogen-bond donors (Lipinski definition) is 2. The molecule has 1 amide bonds. The van der Waals surface area contributed by atoms with Gasteiger partial charge in [0.05, 0.1) is 29.0 Å². The number of carbonyl (C=O) groups excluding carboxylic acids is 1. The molecule has 39 heavy (non-hydrogen) atoms. The van der Waals surface area contributed by atoms with Crippen LogP contribution in [0.5, 0.6) is 0 Å². The van der Waals surface area contributed by atoms with Gasteiger partial charge in [-0.1, -0.05) is 23.7 Å². The zero-order valence-electron chi connectivity index (χ0n) is 21.1. The Balaban J connectivity index is 1.16. The number of H-pyrrole nitrogens is 1. The topological polar surface area (TPSA) is 107 Å². The molecule has 2 N–H and O–H groups in total. The number of aromatic amines is 1. The maximum atomic E-state index is 13.1. The number of fused-ring (bicyclic) bond motifs is 1. The number of nitrogens with one attached hydrogen (secondary N) is 2. The number of pyridine rings is 1. The number of carbonyl (C=O) groups is 1. The minimum absolute atomic E-state index is 0.120. The van der Waals surface area contributed by atoms with Gasteiger partial charge >= 0.3 is 5.69 Å². The molecule has 0 spiro atoms. The number of aromatic nitrogens is 5. The van der Waals surface area contributed by atoms with Gasteiger partial charge in [0.15, 0.2) is 6.23 Å². The molecule has 0 radical (unpaired) electrons. The molecular weight excluding hydrogens is 516 g/mol. The SMILES string of the molecule is O=C(NCc1nn(C2CCCCO2)c2ccc(Cl)cc12)c1cncc(Cc2ccc(-n3cc[nH]c3=O)cc2)c1. The van der Waals surface area contributed by atoms with Crippen LogP contribution in [0.25, 0.3) is 16.6 Å². The summed E-state index contributed by atoms with van der Waals surface area (Å²) in [5, 5.41) is 9.30. The highest BCUT2D eigenvalue weighted by molar-refractivity contribution is 6.31. The van der Waals surface area contributed by atoms with Crippen molar-refractivity contribution >= 4 is 28.4 Å². The fourth-order valence-electron chi connectivity index (χ4n) is 4.95. The van der Waals surface area contributed by atoms with Gasteiger partial charge in [0.2, 0.25) is 0 Å². The summed E-state index contributed by atoms with van der Waals surface area (Å²) in [6.07, 6.45) is 10.1. The number of nitrogens with zero attached hydrogens (tertiary/aromatic N) is 4. The van der Waals surface area contributed by atoms with Crippen LogP contribution in [0, 0.1) is 0 Å². The summed E-state index contributed by atoms with van der Waals surface area (Å²) in [7, 11) is 0. The summed E-state index contributed by atoms with van der Waals surface area (Å²) in [6.45, 7) is 0.964. The van der Waals surface area contributed by atoms with Gasteiger partial charge < -0.3 is 15.0 Å². The van der Waals surface area contributed by atoms with E-state index in [1.54, 1.807) is 29.4 Å². The van der Waals surface area contributed by atoms with Gasteiger partial charge in [-0.3, -0.25) is 14.3 Å². The van der Waals surface area contributed by atoms with Crippen molar-refractivity contribution in [2.75, 3.05) is 6.61 Å². The molecular formula is C29H27ClN6O3. The van der Waals surface area contributed by atoms with Crippen LogP contribution in [-0.4, -0.2) is 36.8 Å². The smallest absolute Gasteiger partial charge is 0.330 e. The minimum Gasteiger partial charge on any atom is -0.356 e. The van der Waals surface area contributed by atoms with Crippen LogP contribution < -0.4 is 11.0 Å². The highest BCUT2D eigenvalue weighted by atomic mass is 35.5. The Morgan fingerprint density at radius 2 is 1.97 bits per heavy atom. The highest BCUT2D eigenvalue weighted by Crippen LogP contribution is 2.29. The number of benzene rings is 2. The van der Waals surface area contributed by atoms with E-state index in [1.165, 1.54) is 0 Å². The monoisotopic (exact) mass is 542 g/mol. The number of hydrogen-bond acceptors (Lipinski definition) is 5. The van der Waals surface area contributed by atoms with Crippen molar-refractivity contribution in [1.29, 1.82) is 0 Å². The predicted molar refractivity (Wildman–Crippen MR) is 148 cm³/mol. The fraction of sp³-hybridized carbons (Fsp3) is 0.241. The molecule has 1 atom stereocenters. The molecule has 1 aliphatic rings. The normalized spacial score (nSPS) is 15.5. The second kappa shape index (κ2) is 10.9. The average molecular weight is 543 g/mol. The molecule has 2 aromatic carbocycles. The lowest BCUT2D eigenvalue weighted by Gasteiger charge is -2.23. The highest BCUT2D eigenvalue weighted by Gasteiger charge is 2.21. The van der Waals surface area contributed by atoms with E-state index < -0.39 is 0 Å². The van der Waals surface area contributed by atoms with Crippen molar-refractivity contribution < 1.29 is 9.53 Å². The van der Waals surface area contributed by atoms with Crippen molar-refractivity contribution in [3.63, 3.8) is 0 Å². The predicted octanol–water partition coefficient (Wildman–Crippen LogP) is 4.78. The summed E-state index contributed by atoms with van der Waals surface area (Å²) >= 11 is 6.29. The quantitative estimate of drug-likeness (QED) is 0.308. The van der Waals surface area contributed by atoms with Crippen LogP contribution in [0.4, 0.5) is 0 Å². The van der Waals surface area contributed by atoms with Crippen LogP contribution >= 0.6 is 11.6 Å². The van der Waals surface area contributed by atoms with Crippen molar-refractivity contribution in [3.8, 4) is 5.69 Å². The number of amides is 1. The van der Waals surface area contributed by atoms with Gasteiger partial charge in [0.25, 0.3) is 5.91 Å². The van der Waals surface area contributed by atoms with Crippen LogP contribution in [0.3, 0.4) is 0 Å². The molecule has 0 bridgehead atoms. The molecule has 9 nitrogen and oxygen atoms in total. The van der Waals surface area contributed by atoms with E-state index in [1.807, 2.05) is 53.2 Å². The van der Waals surface area contributed by atoms with Gasteiger partial charge in [-0.2, -0.15) is 5.10 Å². The third-order valence-corrected chi connectivity index (χ3v) is 7.15. The first kappa shape index (κ1) is 25.1. The van der Waals surface area contributed by atoms with Gasteiger partial charge in [0.1, 0.15) is 0 Å². The standard InChI is InChI=1S/C29H27ClN6O3/c30-22-6-9-26-24(15-22)25(34-36(26)27-3-1-2-12-39-27)18-33-28(37)21-14-20(16-31-17-21)13-19-4-7-23(8-5-19)35-11-10-32-29(35)38/h4-11,14-17,27H,1-3,12-13,18H2,(H,32,38)(H,33,37). The van der Waals surface area contributed by atoms with Gasteiger partial charge in [-0.25, -0.2) is 9.48 Å². The molecule has 1 aliphatic heterocycles. The summed E-state index contributed by atoms with van der Waals surface area (Å²) < 4.78 is 9.41. The van der Waals surface area contributed by atoms with E-state index in [0.717, 1.165) is 52.7 Å². The maximum absolute atomic E-state index is 13.1. The summed E-state index contributed by atoms with van der Waals surface area (Å²) in [5.74, 6) is -0.231. The Labute approximate surface area is 229 Å². The molecule has 3 aromatic heterocycles. The lowest BCUT2D eigenvalue weighted by molar-refractivity contribution is -0.0369. The summed E-state index contributed by atoms with van der Waals surface area (Å²) in [4.78, 5) is 31.8. The lowest BCUT2D eigenvalue weighted by atomic mass is 10.0. The van der Waals surface area contributed by atoms with Crippen molar-refractivity contribution in [2.24, 2.45) is 0 Å². The molecule has 1 fully saturated rings. The Bertz CT molecular complexity index is 1680. The van der Waals surface area contributed by atoms with Gasteiger partial charge in [-0.15, -0.1) is 0 Å². The molecule has 198 valence electrons. The first-order valence-corrected chi connectivity index (χ1v) is 13.3. The molecule has 0 saturated carbocycles. The van der Waals surface area contributed by atoms with Crippen LogP contribution in [0.2, 0.25) is 5.02 Å². The van der Waals surface area contributed by atoms with Gasteiger partial charge in [0, 0.05) is 41.8 Å². The van der Waals surface area contributed by atoms with E-state index in [-0.39, 0.29) is 24.4 Å². The zero-order valence-corrected chi connectivity index (χ0v) is 21.9. The molecule has 0 aliphatic carbocycles. The number of imidazole rings is 1. The Morgan fingerprint density at radius 3 is 2.74 bits per heavy atom. The minimum atomic E-state index is -0.231. The van der Waals surface area contributed by atoms with E-state index >= 15 is 0 Å². The first-order valence-electron chi connectivity index (χ1n) is 12.9. The third kappa shape index (κ3) is 5.36. The van der Waals surface area contributed by atoms with Crippen LogP contribution in [0.15, 0.2) is 78.1 Å². The number of halogens is 1. The molecule has 4 heterocycles. The fourth-order valence-corrected chi connectivity index (χ4v) is 5.12. The first-order chi connectivity index (χ1) is 19.0. The maximum Gasteiger partial charge on any atom is 0.330 e. The van der Waals surface area contributed by atoms with Crippen LogP contribution in [-0.2, 0) is 17.7 Å². The van der Waals surface area contributed by atoms with Crippen molar-refractivity contribution in [3.05, 3.63) is 111 Å². The van der Waals surface area contributed by atoms with E-state index in [9.17, 15) is 9.59 Å². The zero-order chi connectivity index (χ0) is 26.8. The average Bonchev–Trinajstić information content (AvgIpc) is 3.56. The van der Waals surface area contributed by atoms with Gasteiger partial charge in [-0.05, 0) is 73.2 Å². The molecule has 1 unspecified atom stereocenters. The number of ether oxygens (including phenoxy) is 1. The second-order valence-corrected chi connectivity index (χ2v) is 10.1.